The monoisotopic (exact) mass is 285 g/mol. The molecule has 1 aliphatic rings. The zero-order valence-corrected chi connectivity index (χ0v) is 10.6. The van der Waals surface area contributed by atoms with E-state index < -0.39 is 12.7 Å². The lowest BCUT2D eigenvalue weighted by Gasteiger charge is -2.33. The first-order valence-corrected chi connectivity index (χ1v) is 6.10. The molecule has 4 nitrogen and oxygen atoms in total. The molecule has 0 unspecified atom stereocenters. The molecule has 1 saturated heterocycles. The van der Waals surface area contributed by atoms with Crippen LogP contribution in [0.25, 0.3) is 10.9 Å². The van der Waals surface area contributed by atoms with E-state index in [1.165, 1.54) is 6.33 Å². The van der Waals surface area contributed by atoms with E-state index in [2.05, 4.69) is 14.7 Å². The number of alkyl halides is 2. The van der Waals surface area contributed by atoms with Gasteiger partial charge in [-0.05, 0) is 18.2 Å². The van der Waals surface area contributed by atoms with Crippen molar-refractivity contribution in [2.24, 2.45) is 0 Å². The van der Waals surface area contributed by atoms with Gasteiger partial charge >= 0.3 is 6.11 Å². The van der Waals surface area contributed by atoms with Crippen LogP contribution in [0.2, 0.25) is 5.15 Å². The van der Waals surface area contributed by atoms with Crippen LogP contribution in [0.3, 0.4) is 0 Å². The van der Waals surface area contributed by atoms with Gasteiger partial charge in [0.2, 0.25) is 0 Å². The molecular weight excluding hydrogens is 276 g/mol. The number of fused-ring (bicyclic) bond motifs is 1. The molecule has 1 fully saturated rings. The third-order valence-corrected chi connectivity index (χ3v) is 3.29. The van der Waals surface area contributed by atoms with Crippen molar-refractivity contribution in [2.45, 2.75) is 6.11 Å². The fraction of sp³-hybridized carbons (Fsp3) is 0.333. The summed E-state index contributed by atoms with van der Waals surface area (Å²) >= 11 is 5.94. The number of hydrogen-bond acceptors (Lipinski definition) is 4. The Hall–Kier alpha value is -1.53. The Morgan fingerprint density at radius 3 is 2.95 bits per heavy atom. The number of rotatable bonds is 1. The van der Waals surface area contributed by atoms with Crippen LogP contribution in [-0.4, -0.2) is 35.8 Å². The minimum atomic E-state index is -3.11. The van der Waals surface area contributed by atoms with Gasteiger partial charge in [-0.25, -0.2) is 9.97 Å². The summed E-state index contributed by atoms with van der Waals surface area (Å²) in [6, 6.07) is 5.20. The van der Waals surface area contributed by atoms with Gasteiger partial charge in [0.15, 0.2) is 0 Å². The van der Waals surface area contributed by atoms with Gasteiger partial charge in [-0.15, -0.1) is 0 Å². The summed E-state index contributed by atoms with van der Waals surface area (Å²) in [5.41, 5.74) is 1.30. The predicted octanol–water partition coefficient (Wildman–Crippen LogP) is 2.71. The Balaban J connectivity index is 1.97. The van der Waals surface area contributed by atoms with E-state index in [9.17, 15) is 8.78 Å². The molecule has 0 aliphatic carbocycles. The van der Waals surface area contributed by atoms with Crippen LogP contribution in [0.5, 0.6) is 0 Å². The molecule has 7 heteroatoms. The first kappa shape index (κ1) is 12.5. The lowest BCUT2D eigenvalue weighted by Crippen LogP contribution is -2.46. The fourth-order valence-corrected chi connectivity index (χ4v) is 2.29. The maximum absolute atomic E-state index is 13.2. The van der Waals surface area contributed by atoms with Crippen LogP contribution in [0.4, 0.5) is 14.5 Å². The van der Waals surface area contributed by atoms with Crippen molar-refractivity contribution in [3.05, 3.63) is 29.7 Å². The van der Waals surface area contributed by atoms with E-state index in [4.69, 9.17) is 11.6 Å². The number of anilines is 1. The largest absolute Gasteiger partial charge is 0.373 e. The second-order valence-electron chi connectivity index (χ2n) is 4.27. The van der Waals surface area contributed by atoms with Gasteiger partial charge in [0, 0.05) is 17.6 Å². The van der Waals surface area contributed by atoms with Crippen LogP contribution in [-0.2, 0) is 4.74 Å². The van der Waals surface area contributed by atoms with E-state index in [0.717, 1.165) is 0 Å². The summed E-state index contributed by atoms with van der Waals surface area (Å²) in [6.07, 6.45) is -1.76. The van der Waals surface area contributed by atoms with E-state index >= 15 is 0 Å². The van der Waals surface area contributed by atoms with E-state index in [-0.39, 0.29) is 6.61 Å². The third kappa shape index (κ3) is 2.46. The van der Waals surface area contributed by atoms with Crippen molar-refractivity contribution in [1.82, 2.24) is 9.97 Å². The molecule has 2 heterocycles. The molecule has 0 radical (unpaired) electrons. The molecule has 0 N–H and O–H groups in total. The average molecular weight is 286 g/mol. The highest BCUT2D eigenvalue weighted by atomic mass is 35.5. The second-order valence-corrected chi connectivity index (χ2v) is 4.63. The average Bonchev–Trinajstić information content (AvgIpc) is 2.37. The van der Waals surface area contributed by atoms with Gasteiger partial charge in [0.25, 0.3) is 0 Å². The summed E-state index contributed by atoms with van der Waals surface area (Å²) in [5, 5.41) is 1.05. The van der Waals surface area contributed by atoms with Crippen molar-refractivity contribution in [3.63, 3.8) is 0 Å². The topological polar surface area (TPSA) is 38.2 Å². The third-order valence-electron chi connectivity index (χ3n) is 2.99. The summed E-state index contributed by atoms with van der Waals surface area (Å²) in [6.45, 7) is -0.0488. The van der Waals surface area contributed by atoms with Crippen LogP contribution in [0.15, 0.2) is 24.5 Å². The zero-order chi connectivity index (χ0) is 13.5. The van der Waals surface area contributed by atoms with Gasteiger partial charge in [-0.2, -0.15) is 8.78 Å². The van der Waals surface area contributed by atoms with Crippen molar-refractivity contribution < 1.29 is 13.5 Å². The zero-order valence-electron chi connectivity index (χ0n) is 9.81. The van der Waals surface area contributed by atoms with E-state index in [1.807, 2.05) is 0 Å². The molecule has 1 aliphatic heterocycles. The first-order valence-electron chi connectivity index (χ1n) is 5.72. The molecule has 0 bridgehead atoms. The molecular formula is C12H10ClF2N3O. The highest BCUT2D eigenvalue weighted by Crippen LogP contribution is 2.29. The molecule has 1 aromatic heterocycles. The smallest absolute Gasteiger partial charge is 0.360 e. The number of hydrogen-bond donors (Lipinski definition) is 0. The Kier molecular flexibility index (Phi) is 2.99. The molecule has 0 saturated carbocycles. The Bertz CT molecular complexity index is 623. The van der Waals surface area contributed by atoms with Crippen molar-refractivity contribution in [3.8, 4) is 0 Å². The molecule has 100 valence electrons. The Morgan fingerprint density at radius 2 is 2.16 bits per heavy atom. The minimum Gasteiger partial charge on any atom is -0.360 e. The normalized spacial score (nSPS) is 18.8. The lowest BCUT2D eigenvalue weighted by molar-refractivity contribution is -0.240. The molecule has 1 aromatic carbocycles. The summed E-state index contributed by atoms with van der Waals surface area (Å²) in [7, 11) is 0. The standard InChI is InChI=1S/C12H10ClF2N3O/c13-11-9-2-1-8(5-10(9)16-7-17-11)18-3-4-19-12(14,15)6-18/h1-2,5,7H,3-4,6H2. The van der Waals surface area contributed by atoms with Crippen LogP contribution < -0.4 is 4.90 Å². The van der Waals surface area contributed by atoms with E-state index in [1.54, 1.807) is 23.1 Å². The summed E-state index contributed by atoms with van der Waals surface area (Å²) in [5.74, 6) is 0. The van der Waals surface area contributed by atoms with Gasteiger partial charge in [0.1, 0.15) is 18.0 Å². The van der Waals surface area contributed by atoms with Gasteiger partial charge in [-0.3, -0.25) is 0 Å². The number of nitrogens with zero attached hydrogens (tertiary/aromatic N) is 3. The SMILES string of the molecule is FC1(F)CN(c2ccc3c(Cl)ncnc3c2)CCO1. The number of benzene rings is 1. The first-order chi connectivity index (χ1) is 9.05. The maximum atomic E-state index is 13.2. The highest BCUT2D eigenvalue weighted by molar-refractivity contribution is 6.34. The number of morpholine rings is 1. The Labute approximate surface area is 113 Å². The van der Waals surface area contributed by atoms with Gasteiger partial charge in [0.05, 0.1) is 12.1 Å². The molecule has 0 spiro atoms. The maximum Gasteiger partial charge on any atom is 0.373 e. The molecule has 3 rings (SSSR count). The number of halogens is 3. The highest BCUT2D eigenvalue weighted by Gasteiger charge is 2.36. The molecule has 0 atom stereocenters. The van der Waals surface area contributed by atoms with Crippen LogP contribution in [0, 0.1) is 0 Å². The fourth-order valence-electron chi connectivity index (χ4n) is 2.08. The summed E-state index contributed by atoms with van der Waals surface area (Å²) in [4.78, 5) is 9.53. The van der Waals surface area contributed by atoms with Crippen molar-refractivity contribution in [2.75, 3.05) is 24.6 Å². The van der Waals surface area contributed by atoms with Crippen molar-refractivity contribution in [1.29, 1.82) is 0 Å². The molecule has 0 amide bonds. The number of ether oxygens (including phenoxy) is 1. The van der Waals surface area contributed by atoms with E-state index in [0.29, 0.717) is 28.3 Å². The molecule has 2 aromatic rings. The lowest BCUT2D eigenvalue weighted by atomic mass is 10.2. The quantitative estimate of drug-likeness (QED) is 0.755. The Morgan fingerprint density at radius 1 is 1.32 bits per heavy atom. The van der Waals surface area contributed by atoms with Crippen molar-refractivity contribution >= 4 is 28.2 Å². The second kappa shape index (κ2) is 4.54. The molecule has 19 heavy (non-hydrogen) atoms. The number of aromatic nitrogens is 2. The minimum absolute atomic E-state index is 0.00440. The van der Waals surface area contributed by atoms with Gasteiger partial charge < -0.3 is 9.64 Å². The van der Waals surface area contributed by atoms with Gasteiger partial charge in [-0.1, -0.05) is 11.6 Å². The van der Waals surface area contributed by atoms with Crippen LogP contribution in [0.1, 0.15) is 0 Å². The summed E-state index contributed by atoms with van der Waals surface area (Å²) < 4.78 is 30.8. The van der Waals surface area contributed by atoms with Crippen LogP contribution >= 0.6 is 11.6 Å². The predicted molar refractivity (Wildman–Crippen MR) is 67.7 cm³/mol.